The quantitative estimate of drug-likeness (QED) is 0.780. The van der Waals surface area contributed by atoms with Crippen molar-refractivity contribution < 1.29 is 9.53 Å². The monoisotopic (exact) mass is 278 g/mol. The number of benzene rings is 1. The van der Waals surface area contributed by atoms with Crippen LogP contribution in [-0.4, -0.2) is 30.1 Å². The van der Waals surface area contributed by atoms with Crippen molar-refractivity contribution in [2.45, 2.75) is 45.8 Å². The molecule has 1 rings (SSSR count). The summed E-state index contributed by atoms with van der Waals surface area (Å²) in [5.41, 5.74) is 6.90. The van der Waals surface area contributed by atoms with Gasteiger partial charge in [-0.25, -0.2) is 0 Å². The fraction of sp³-hybridized carbons (Fsp3) is 0.562. The number of hydrogen-bond donors (Lipinski definition) is 1. The molecule has 20 heavy (non-hydrogen) atoms. The fourth-order valence-electron chi connectivity index (χ4n) is 2.12. The molecule has 0 aromatic heterocycles. The summed E-state index contributed by atoms with van der Waals surface area (Å²) in [5, 5.41) is 0. The lowest BCUT2D eigenvalue weighted by molar-refractivity contribution is -0.154. The predicted octanol–water partition coefficient (Wildman–Crippen LogP) is 2.82. The van der Waals surface area contributed by atoms with Gasteiger partial charge in [-0.3, -0.25) is 4.79 Å². The molecule has 0 saturated heterocycles. The van der Waals surface area contributed by atoms with Crippen molar-refractivity contribution in [2.75, 3.05) is 19.4 Å². The molecule has 2 N–H and O–H groups in total. The van der Waals surface area contributed by atoms with Crippen LogP contribution < -0.4 is 5.73 Å². The van der Waals surface area contributed by atoms with Crippen LogP contribution in [0, 0.1) is 0 Å². The van der Waals surface area contributed by atoms with Gasteiger partial charge in [0.15, 0.2) is 0 Å². The first-order valence-corrected chi connectivity index (χ1v) is 7.16. The third-order valence-electron chi connectivity index (χ3n) is 3.77. The molecule has 0 bridgehead atoms. The molecule has 0 heterocycles. The van der Waals surface area contributed by atoms with E-state index in [4.69, 9.17) is 10.5 Å². The van der Waals surface area contributed by atoms with Crippen molar-refractivity contribution in [3.63, 3.8) is 0 Å². The second-order valence-electron chi connectivity index (χ2n) is 5.21. The zero-order valence-electron chi connectivity index (χ0n) is 13.0. The van der Waals surface area contributed by atoms with Gasteiger partial charge >= 0.3 is 0 Å². The number of ether oxygens (including phenoxy) is 1. The Hall–Kier alpha value is -1.55. The van der Waals surface area contributed by atoms with Gasteiger partial charge in [-0.2, -0.15) is 0 Å². The lowest BCUT2D eigenvalue weighted by Crippen LogP contribution is -2.48. The summed E-state index contributed by atoms with van der Waals surface area (Å²) in [6, 6.07) is 7.66. The van der Waals surface area contributed by atoms with E-state index < -0.39 is 5.60 Å². The molecule has 0 fully saturated rings. The van der Waals surface area contributed by atoms with Crippen molar-refractivity contribution in [1.29, 1.82) is 0 Å². The van der Waals surface area contributed by atoms with Crippen LogP contribution in [0.4, 0.5) is 5.69 Å². The zero-order chi connectivity index (χ0) is 15.2. The molecule has 4 nitrogen and oxygen atoms in total. The summed E-state index contributed by atoms with van der Waals surface area (Å²) in [6.45, 7) is 7.09. The van der Waals surface area contributed by atoms with Gasteiger partial charge in [0.25, 0.3) is 5.91 Å². The van der Waals surface area contributed by atoms with E-state index in [1.165, 1.54) is 0 Å². The summed E-state index contributed by atoms with van der Waals surface area (Å²) in [6.07, 6.45) is 1.55. The van der Waals surface area contributed by atoms with E-state index in [-0.39, 0.29) is 5.91 Å². The minimum Gasteiger partial charge on any atom is -0.398 e. The second-order valence-corrected chi connectivity index (χ2v) is 5.21. The van der Waals surface area contributed by atoms with Crippen LogP contribution in [0.25, 0.3) is 0 Å². The molecule has 1 unspecified atom stereocenters. The van der Waals surface area contributed by atoms with E-state index >= 15 is 0 Å². The van der Waals surface area contributed by atoms with Crippen LogP contribution in [0.1, 0.15) is 39.2 Å². The van der Waals surface area contributed by atoms with E-state index in [2.05, 4.69) is 6.92 Å². The minimum absolute atomic E-state index is 0.0209. The molecule has 0 radical (unpaired) electrons. The summed E-state index contributed by atoms with van der Waals surface area (Å²) in [7, 11) is 1.59. The first-order valence-electron chi connectivity index (χ1n) is 7.16. The number of para-hydroxylation sites is 1. The molecule has 1 aromatic carbocycles. The minimum atomic E-state index is -0.765. The average Bonchev–Trinajstić information content (AvgIpc) is 2.47. The van der Waals surface area contributed by atoms with Crippen molar-refractivity contribution in [3.8, 4) is 0 Å². The summed E-state index contributed by atoms with van der Waals surface area (Å²) < 4.78 is 5.42. The topological polar surface area (TPSA) is 55.6 Å². The van der Waals surface area contributed by atoms with Gasteiger partial charge in [0.1, 0.15) is 5.60 Å². The number of nitrogen functional groups attached to an aromatic ring is 1. The third-order valence-corrected chi connectivity index (χ3v) is 3.77. The number of methoxy groups -OCH3 is 1. The molecule has 0 aliphatic carbocycles. The Bertz CT molecular complexity index is 442. The molecule has 0 saturated carbocycles. The highest BCUT2D eigenvalue weighted by Crippen LogP contribution is 2.21. The number of nitrogens with two attached hydrogens (primary N) is 1. The number of hydrogen-bond acceptors (Lipinski definition) is 3. The van der Waals surface area contributed by atoms with E-state index in [1.807, 2.05) is 43.0 Å². The van der Waals surface area contributed by atoms with Crippen LogP contribution >= 0.6 is 0 Å². The SMILES string of the molecule is CCCN(Cc1ccccc1N)C(=O)C(C)(CC)OC. The molecule has 112 valence electrons. The maximum atomic E-state index is 12.7. The third kappa shape index (κ3) is 3.73. The fourth-order valence-corrected chi connectivity index (χ4v) is 2.12. The number of anilines is 1. The van der Waals surface area contributed by atoms with E-state index in [0.717, 1.165) is 17.7 Å². The van der Waals surface area contributed by atoms with Crippen molar-refractivity contribution in [1.82, 2.24) is 4.90 Å². The first kappa shape index (κ1) is 16.5. The number of carbonyl (C=O) groups is 1. The molecule has 1 amide bonds. The number of rotatable bonds is 7. The van der Waals surface area contributed by atoms with E-state index in [1.54, 1.807) is 7.11 Å². The highest BCUT2D eigenvalue weighted by atomic mass is 16.5. The van der Waals surface area contributed by atoms with Gasteiger partial charge in [-0.1, -0.05) is 32.0 Å². The van der Waals surface area contributed by atoms with Crippen LogP contribution in [0.5, 0.6) is 0 Å². The van der Waals surface area contributed by atoms with Gasteiger partial charge in [-0.15, -0.1) is 0 Å². The normalized spacial score (nSPS) is 13.8. The molecule has 1 atom stereocenters. The largest absolute Gasteiger partial charge is 0.398 e. The van der Waals surface area contributed by atoms with Gasteiger partial charge in [0.2, 0.25) is 0 Å². The van der Waals surface area contributed by atoms with Crippen molar-refractivity contribution >= 4 is 11.6 Å². The molecule has 4 heteroatoms. The maximum Gasteiger partial charge on any atom is 0.254 e. The highest BCUT2D eigenvalue weighted by Gasteiger charge is 2.34. The standard InChI is InChI=1S/C16H26N2O2/c1-5-11-18(15(19)16(3,6-2)20-4)12-13-9-7-8-10-14(13)17/h7-10H,5-6,11-12,17H2,1-4H3. The Morgan fingerprint density at radius 2 is 2.00 bits per heavy atom. The summed E-state index contributed by atoms with van der Waals surface area (Å²) >= 11 is 0. The molecular weight excluding hydrogens is 252 g/mol. The van der Waals surface area contributed by atoms with Crippen LogP contribution in [0.15, 0.2) is 24.3 Å². The Morgan fingerprint density at radius 1 is 1.35 bits per heavy atom. The van der Waals surface area contributed by atoms with Gasteiger partial charge < -0.3 is 15.4 Å². The van der Waals surface area contributed by atoms with E-state index in [9.17, 15) is 4.79 Å². The van der Waals surface area contributed by atoms with Gasteiger partial charge in [0.05, 0.1) is 0 Å². The van der Waals surface area contributed by atoms with Gasteiger partial charge in [0, 0.05) is 25.9 Å². The molecule has 0 aliphatic heterocycles. The highest BCUT2D eigenvalue weighted by molar-refractivity contribution is 5.85. The average molecular weight is 278 g/mol. The maximum absolute atomic E-state index is 12.7. The van der Waals surface area contributed by atoms with Crippen LogP contribution in [0.2, 0.25) is 0 Å². The predicted molar refractivity (Wildman–Crippen MR) is 82.3 cm³/mol. The lowest BCUT2D eigenvalue weighted by Gasteiger charge is -2.33. The first-order chi connectivity index (χ1) is 9.48. The molecule has 1 aromatic rings. The molecule has 0 spiro atoms. The molecular formula is C16H26N2O2. The Labute approximate surface area is 121 Å². The Morgan fingerprint density at radius 3 is 2.50 bits per heavy atom. The number of nitrogens with zero attached hydrogens (tertiary/aromatic N) is 1. The summed E-state index contributed by atoms with van der Waals surface area (Å²) in [5.74, 6) is 0.0209. The lowest BCUT2D eigenvalue weighted by atomic mass is 10.0. The van der Waals surface area contributed by atoms with Crippen molar-refractivity contribution in [3.05, 3.63) is 29.8 Å². The van der Waals surface area contributed by atoms with Gasteiger partial charge in [-0.05, 0) is 31.4 Å². The number of amides is 1. The Balaban J connectivity index is 2.95. The van der Waals surface area contributed by atoms with Crippen molar-refractivity contribution in [2.24, 2.45) is 0 Å². The smallest absolute Gasteiger partial charge is 0.254 e. The second kappa shape index (κ2) is 7.29. The van der Waals surface area contributed by atoms with E-state index in [0.29, 0.717) is 19.5 Å². The van der Waals surface area contributed by atoms with Crippen LogP contribution in [-0.2, 0) is 16.1 Å². The molecule has 0 aliphatic rings. The van der Waals surface area contributed by atoms with Crippen LogP contribution in [0.3, 0.4) is 0 Å². The Kier molecular flexibility index (Phi) is 6.02. The summed E-state index contributed by atoms with van der Waals surface area (Å²) in [4.78, 5) is 14.5. The zero-order valence-corrected chi connectivity index (χ0v) is 13.0. The number of carbonyl (C=O) groups excluding carboxylic acids is 1.